The van der Waals surface area contributed by atoms with Crippen LogP contribution in [0.2, 0.25) is 0 Å². The molecule has 3 saturated heterocycles. The molecule has 28 heavy (non-hydrogen) atoms. The predicted molar refractivity (Wildman–Crippen MR) is 106 cm³/mol. The van der Waals surface area contributed by atoms with E-state index in [9.17, 15) is 18.0 Å². The Labute approximate surface area is 166 Å². The van der Waals surface area contributed by atoms with E-state index >= 15 is 0 Å². The first-order valence-corrected chi connectivity index (χ1v) is 12.0. The largest absolute Gasteiger partial charge is 0.331 e. The summed E-state index contributed by atoms with van der Waals surface area (Å²) in [5, 5.41) is 0. The molecule has 4 rings (SSSR count). The average molecular weight is 407 g/mol. The zero-order chi connectivity index (χ0) is 19.7. The summed E-state index contributed by atoms with van der Waals surface area (Å²) in [7, 11) is -2.85. The number of quaternary nitrogens is 1. The number of hydrogen-bond acceptors (Lipinski definition) is 4. The Balaban J connectivity index is 1.28. The highest BCUT2D eigenvalue weighted by Gasteiger charge is 2.37. The van der Waals surface area contributed by atoms with Gasteiger partial charge in [0.15, 0.2) is 9.84 Å². The van der Waals surface area contributed by atoms with Crippen LogP contribution in [0.5, 0.6) is 0 Å². The van der Waals surface area contributed by atoms with Gasteiger partial charge in [-0.15, -0.1) is 0 Å². The van der Waals surface area contributed by atoms with Gasteiger partial charge in [0, 0.05) is 25.1 Å². The highest BCUT2D eigenvalue weighted by Crippen LogP contribution is 2.22. The number of nitrogens with one attached hydrogen (secondary N) is 1. The average Bonchev–Trinajstić information content (AvgIpc) is 3.27. The minimum Gasteiger partial charge on any atom is -0.331 e. The maximum atomic E-state index is 12.6. The van der Waals surface area contributed by atoms with E-state index in [0.717, 1.165) is 43.7 Å². The van der Waals surface area contributed by atoms with Gasteiger partial charge in [-0.1, -0.05) is 12.1 Å². The van der Waals surface area contributed by atoms with Gasteiger partial charge in [-0.2, -0.15) is 0 Å². The molecule has 0 bridgehead atoms. The highest BCUT2D eigenvalue weighted by molar-refractivity contribution is 7.91. The Hall–Kier alpha value is -1.93. The van der Waals surface area contributed by atoms with E-state index in [4.69, 9.17) is 0 Å². The van der Waals surface area contributed by atoms with Gasteiger partial charge in [-0.25, -0.2) is 8.42 Å². The molecule has 2 amide bonds. The molecule has 152 valence electrons. The second-order valence-electron chi connectivity index (χ2n) is 8.13. The zero-order valence-electron chi connectivity index (χ0n) is 16.1. The van der Waals surface area contributed by atoms with Crippen molar-refractivity contribution in [2.24, 2.45) is 0 Å². The van der Waals surface area contributed by atoms with Crippen LogP contribution in [0.25, 0.3) is 0 Å². The Morgan fingerprint density at radius 1 is 1.11 bits per heavy atom. The van der Waals surface area contributed by atoms with E-state index in [-0.39, 0.29) is 17.9 Å². The van der Waals surface area contributed by atoms with Crippen LogP contribution in [-0.2, 0) is 25.8 Å². The van der Waals surface area contributed by atoms with Crippen LogP contribution in [0.3, 0.4) is 0 Å². The third kappa shape index (κ3) is 4.22. The Kier molecular flexibility index (Phi) is 5.42. The van der Waals surface area contributed by atoms with E-state index in [1.165, 1.54) is 4.90 Å². The number of carbonyl (C=O) groups is 2. The third-order valence-corrected chi connectivity index (χ3v) is 8.01. The summed E-state index contributed by atoms with van der Waals surface area (Å²) in [5.41, 5.74) is 1.86. The van der Waals surface area contributed by atoms with Crippen LogP contribution in [0.1, 0.15) is 24.8 Å². The van der Waals surface area contributed by atoms with Crippen LogP contribution in [0.15, 0.2) is 24.3 Å². The number of benzene rings is 1. The standard InChI is InChI=1S/C20H27N3O4S/c24-19-2-1-8-23(19)17-5-3-16(4-6-17)14-20(25)22-11-9-21(10-12-22)18-7-13-28(26,27)15-18/h3-6,18H,1-2,7-15H2/p+1/t18-/m0/s1. The van der Waals surface area contributed by atoms with Crippen LogP contribution in [0, 0.1) is 0 Å². The van der Waals surface area contributed by atoms with Crippen molar-refractivity contribution in [1.29, 1.82) is 0 Å². The molecule has 0 aromatic heterocycles. The van der Waals surface area contributed by atoms with E-state index < -0.39 is 9.84 Å². The lowest BCUT2D eigenvalue weighted by atomic mass is 10.1. The maximum absolute atomic E-state index is 12.6. The summed E-state index contributed by atoms with van der Waals surface area (Å²) in [6, 6.07) is 7.92. The quantitative estimate of drug-likeness (QED) is 0.715. The number of piperazine rings is 1. The number of anilines is 1. The van der Waals surface area contributed by atoms with E-state index in [1.54, 1.807) is 4.90 Å². The lowest BCUT2D eigenvalue weighted by Gasteiger charge is -2.35. The fraction of sp³-hybridized carbons (Fsp3) is 0.600. The molecule has 8 heteroatoms. The molecule has 1 aromatic carbocycles. The topological polar surface area (TPSA) is 79.2 Å². The molecule has 0 aliphatic carbocycles. The summed E-state index contributed by atoms with van der Waals surface area (Å²) < 4.78 is 23.4. The lowest BCUT2D eigenvalue weighted by molar-refractivity contribution is -0.925. The van der Waals surface area contributed by atoms with Gasteiger partial charge in [0.1, 0.15) is 11.8 Å². The fourth-order valence-electron chi connectivity index (χ4n) is 4.57. The van der Waals surface area contributed by atoms with Gasteiger partial charge in [0.25, 0.3) is 0 Å². The fourth-order valence-corrected chi connectivity index (χ4v) is 6.40. The number of hydrogen-bond donors (Lipinski definition) is 1. The molecule has 1 atom stereocenters. The van der Waals surface area contributed by atoms with Crippen molar-refractivity contribution in [3.05, 3.63) is 29.8 Å². The van der Waals surface area contributed by atoms with Crippen LogP contribution < -0.4 is 9.80 Å². The van der Waals surface area contributed by atoms with E-state index in [1.807, 2.05) is 29.2 Å². The molecule has 0 spiro atoms. The van der Waals surface area contributed by atoms with Gasteiger partial charge in [0.05, 0.1) is 38.4 Å². The van der Waals surface area contributed by atoms with Crippen LogP contribution in [0.4, 0.5) is 5.69 Å². The molecule has 7 nitrogen and oxygen atoms in total. The third-order valence-electron chi connectivity index (χ3n) is 6.24. The Morgan fingerprint density at radius 3 is 2.39 bits per heavy atom. The molecule has 0 radical (unpaired) electrons. The van der Waals surface area contributed by atoms with E-state index in [0.29, 0.717) is 37.4 Å². The first-order chi connectivity index (χ1) is 13.4. The first-order valence-electron chi connectivity index (χ1n) is 10.1. The Morgan fingerprint density at radius 2 is 1.82 bits per heavy atom. The summed E-state index contributed by atoms with van der Waals surface area (Å²) in [5.74, 6) is 0.882. The van der Waals surface area contributed by atoms with Crippen molar-refractivity contribution in [2.75, 3.05) is 49.1 Å². The minimum atomic E-state index is -2.85. The highest BCUT2D eigenvalue weighted by atomic mass is 32.2. The summed E-state index contributed by atoms with van der Waals surface area (Å²) in [6.45, 7) is 3.78. The van der Waals surface area contributed by atoms with Crippen LogP contribution in [-0.4, -0.2) is 75.4 Å². The minimum absolute atomic E-state index is 0.114. The molecule has 0 unspecified atom stereocenters. The van der Waals surface area contributed by atoms with Crippen molar-refractivity contribution < 1.29 is 22.9 Å². The SMILES string of the molecule is O=C(Cc1ccc(N2CCCC2=O)cc1)N1CC[NH+]([C@H]2CCS(=O)(=O)C2)CC1. The second kappa shape index (κ2) is 7.83. The van der Waals surface area contributed by atoms with Crippen molar-refractivity contribution in [3.8, 4) is 0 Å². The second-order valence-corrected chi connectivity index (χ2v) is 10.4. The summed E-state index contributed by atoms with van der Waals surface area (Å²) in [6.07, 6.45) is 2.62. The molecule has 3 aliphatic heterocycles. The molecular formula is C20H28N3O4S+. The van der Waals surface area contributed by atoms with Gasteiger partial charge in [-0.3, -0.25) is 9.59 Å². The number of amides is 2. The predicted octanol–water partition coefficient (Wildman–Crippen LogP) is -0.730. The molecule has 1 aromatic rings. The molecular weight excluding hydrogens is 378 g/mol. The summed E-state index contributed by atoms with van der Waals surface area (Å²) >= 11 is 0. The smallest absolute Gasteiger partial charge is 0.227 e. The van der Waals surface area contributed by atoms with Gasteiger partial charge in [-0.05, 0) is 24.1 Å². The molecule has 3 fully saturated rings. The van der Waals surface area contributed by atoms with Gasteiger partial charge < -0.3 is 14.7 Å². The van der Waals surface area contributed by atoms with Crippen molar-refractivity contribution >= 4 is 27.3 Å². The number of sulfone groups is 1. The normalized spacial score (nSPS) is 25.4. The maximum Gasteiger partial charge on any atom is 0.227 e. The van der Waals surface area contributed by atoms with Crippen molar-refractivity contribution in [1.82, 2.24) is 4.90 Å². The summed E-state index contributed by atoms with van der Waals surface area (Å²) in [4.78, 5) is 29.5. The lowest BCUT2D eigenvalue weighted by Crippen LogP contribution is -3.18. The van der Waals surface area contributed by atoms with Crippen molar-refractivity contribution in [3.63, 3.8) is 0 Å². The first kappa shape index (κ1) is 19.4. The number of rotatable bonds is 4. The van der Waals surface area contributed by atoms with E-state index in [2.05, 4.69) is 0 Å². The number of nitrogens with zero attached hydrogens (tertiary/aromatic N) is 2. The van der Waals surface area contributed by atoms with Gasteiger partial charge >= 0.3 is 0 Å². The van der Waals surface area contributed by atoms with Crippen LogP contribution >= 0.6 is 0 Å². The molecule has 0 saturated carbocycles. The Bertz CT molecular complexity index is 845. The zero-order valence-corrected chi connectivity index (χ0v) is 16.9. The molecule has 1 N–H and O–H groups in total. The molecule has 3 aliphatic rings. The number of carbonyl (C=O) groups excluding carboxylic acids is 2. The monoisotopic (exact) mass is 406 g/mol. The van der Waals surface area contributed by atoms with Gasteiger partial charge in [0.2, 0.25) is 11.8 Å². The molecule has 3 heterocycles. The van der Waals surface area contributed by atoms with Crippen molar-refractivity contribution in [2.45, 2.75) is 31.7 Å².